The van der Waals surface area contributed by atoms with E-state index in [2.05, 4.69) is 20.9 Å². The fourth-order valence-corrected chi connectivity index (χ4v) is 5.78. The summed E-state index contributed by atoms with van der Waals surface area (Å²) in [7, 11) is 1.31. The van der Waals surface area contributed by atoms with Gasteiger partial charge in [0.25, 0.3) is 5.56 Å². The van der Waals surface area contributed by atoms with Crippen LogP contribution in [-0.4, -0.2) is 30.9 Å². The van der Waals surface area contributed by atoms with Gasteiger partial charge in [-0.3, -0.25) is 9.36 Å². The predicted molar refractivity (Wildman–Crippen MR) is 165 cm³/mol. The van der Waals surface area contributed by atoms with E-state index < -0.39 is 12.0 Å². The van der Waals surface area contributed by atoms with Crippen LogP contribution in [-0.2, 0) is 16.1 Å². The Morgan fingerprint density at radius 2 is 1.69 bits per heavy atom. The Morgan fingerprint density at radius 1 is 0.976 bits per heavy atom. The second-order valence-corrected chi connectivity index (χ2v) is 11.2. The fraction of sp³-hybridized carbons (Fsp3) is 0.219. The zero-order valence-corrected chi connectivity index (χ0v) is 25.7. The fourth-order valence-electron chi connectivity index (χ4n) is 4.55. The zero-order valence-electron chi connectivity index (χ0n) is 23.3. The van der Waals surface area contributed by atoms with Gasteiger partial charge in [-0.05, 0) is 73.0 Å². The van der Waals surface area contributed by atoms with Crippen molar-refractivity contribution in [1.29, 1.82) is 0 Å². The third-order valence-electron chi connectivity index (χ3n) is 6.50. The monoisotopic (exact) mass is 648 g/mol. The van der Waals surface area contributed by atoms with E-state index >= 15 is 0 Å². The maximum absolute atomic E-state index is 13.8. The quantitative estimate of drug-likeness (QED) is 0.221. The summed E-state index contributed by atoms with van der Waals surface area (Å²) >= 11 is 4.69. The number of carbonyl (C=O) groups excluding carboxylic acids is 1. The number of fused-ring (bicyclic) bond motifs is 1. The number of benzene rings is 3. The summed E-state index contributed by atoms with van der Waals surface area (Å²) in [5, 5.41) is 0. The molecule has 1 atom stereocenters. The Morgan fingerprint density at radius 3 is 2.38 bits per heavy atom. The van der Waals surface area contributed by atoms with Gasteiger partial charge in [0.1, 0.15) is 12.4 Å². The van der Waals surface area contributed by atoms with Gasteiger partial charge >= 0.3 is 5.97 Å². The molecule has 0 bridgehead atoms. The van der Waals surface area contributed by atoms with Crippen LogP contribution >= 0.6 is 27.3 Å². The van der Waals surface area contributed by atoms with E-state index in [1.165, 1.54) is 29.2 Å². The molecule has 4 aromatic rings. The Bertz CT molecular complexity index is 1790. The highest BCUT2D eigenvalue weighted by Gasteiger charge is 2.31. The van der Waals surface area contributed by atoms with E-state index in [9.17, 15) is 9.59 Å². The number of hydrogen-bond donors (Lipinski definition) is 0. The first-order chi connectivity index (χ1) is 20.4. The Balaban J connectivity index is 1.48. The summed E-state index contributed by atoms with van der Waals surface area (Å²) in [6, 6.07) is 20.1. The molecular weight excluding hydrogens is 620 g/mol. The molecule has 10 heteroatoms. The van der Waals surface area contributed by atoms with Crippen LogP contribution in [0, 0.1) is 0 Å². The molecule has 1 aliphatic heterocycles. The number of hydrogen-bond acceptors (Lipinski definition) is 8. The average molecular weight is 650 g/mol. The third-order valence-corrected chi connectivity index (χ3v) is 8.03. The van der Waals surface area contributed by atoms with Gasteiger partial charge in [0.05, 0.1) is 36.5 Å². The van der Waals surface area contributed by atoms with Crippen LogP contribution in [0.3, 0.4) is 0 Å². The number of halogens is 1. The minimum absolute atomic E-state index is 0.246. The van der Waals surface area contributed by atoms with Crippen LogP contribution in [0.5, 0.6) is 17.2 Å². The lowest BCUT2D eigenvalue weighted by atomic mass is 9.97. The molecule has 8 nitrogen and oxygen atoms in total. The van der Waals surface area contributed by atoms with E-state index in [0.29, 0.717) is 46.2 Å². The van der Waals surface area contributed by atoms with Crippen LogP contribution in [0.2, 0.25) is 0 Å². The second kappa shape index (κ2) is 13.2. The molecule has 0 radical (unpaired) electrons. The molecule has 1 aromatic heterocycles. The summed E-state index contributed by atoms with van der Waals surface area (Å²) in [6.45, 7) is 5.13. The van der Waals surface area contributed by atoms with Crippen LogP contribution < -0.4 is 29.1 Å². The summed E-state index contributed by atoms with van der Waals surface area (Å²) in [4.78, 5) is 31.5. The van der Waals surface area contributed by atoms with Crippen molar-refractivity contribution in [2.75, 3.05) is 20.3 Å². The van der Waals surface area contributed by atoms with E-state index in [0.717, 1.165) is 21.3 Å². The van der Waals surface area contributed by atoms with Gasteiger partial charge in [0, 0.05) is 10.7 Å². The molecule has 5 rings (SSSR count). The Hall–Kier alpha value is -4.15. The number of esters is 1. The van der Waals surface area contributed by atoms with Crippen molar-refractivity contribution in [2.45, 2.75) is 26.5 Å². The molecule has 0 amide bonds. The first-order valence-corrected chi connectivity index (χ1v) is 15.0. The van der Waals surface area contributed by atoms with Crippen LogP contribution in [0.15, 0.2) is 92.8 Å². The number of thiazole rings is 1. The SMILES string of the molecule is CCOc1ccc([C@H]2C(C(=O)OC)=CN=c3s/c(=C\c4ccc(OCc5ccc(Br)cc5)cc4)c(=O)n32)cc1OCC. The van der Waals surface area contributed by atoms with Gasteiger partial charge < -0.3 is 18.9 Å². The normalized spacial score (nSPS) is 14.4. The van der Waals surface area contributed by atoms with E-state index in [1.54, 1.807) is 12.1 Å². The molecule has 216 valence electrons. The van der Waals surface area contributed by atoms with E-state index in [1.807, 2.05) is 74.5 Å². The highest BCUT2D eigenvalue weighted by molar-refractivity contribution is 9.10. The zero-order chi connectivity index (χ0) is 29.6. The molecule has 3 aromatic carbocycles. The number of aromatic nitrogens is 1. The van der Waals surface area contributed by atoms with Gasteiger partial charge in [-0.25, -0.2) is 9.79 Å². The first kappa shape index (κ1) is 29.3. The van der Waals surface area contributed by atoms with Crippen LogP contribution in [0.4, 0.5) is 0 Å². The molecular formula is C32H29BrN2O6S. The molecule has 0 aliphatic carbocycles. The number of carbonyl (C=O) groups is 1. The standard InChI is InChI=1S/C32H29BrN2O6S/c1-4-39-26-15-10-22(17-27(26)40-5-2)29-25(31(37)38-3)18-34-32-35(29)30(36)28(42-32)16-20-8-13-24(14-9-20)41-19-21-6-11-23(33)12-7-21/h6-18,29H,4-5,19H2,1-3H3/b28-16-/t29-/m0/s1. The Labute approximate surface area is 255 Å². The number of methoxy groups -OCH3 is 1. The summed E-state index contributed by atoms with van der Waals surface area (Å²) in [6.07, 6.45) is 3.28. The molecule has 2 heterocycles. The van der Waals surface area contributed by atoms with Gasteiger partial charge in [0.15, 0.2) is 16.3 Å². The van der Waals surface area contributed by atoms with E-state index in [4.69, 9.17) is 18.9 Å². The van der Waals surface area contributed by atoms with Crippen molar-refractivity contribution < 1.29 is 23.7 Å². The minimum Gasteiger partial charge on any atom is -0.490 e. The van der Waals surface area contributed by atoms with Gasteiger partial charge in [-0.15, -0.1) is 0 Å². The van der Waals surface area contributed by atoms with Gasteiger partial charge in [-0.1, -0.05) is 57.6 Å². The highest BCUT2D eigenvalue weighted by Crippen LogP contribution is 2.35. The number of rotatable bonds is 10. The lowest BCUT2D eigenvalue weighted by Gasteiger charge is -2.23. The van der Waals surface area contributed by atoms with Crippen molar-refractivity contribution >= 4 is 39.3 Å². The van der Waals surface area contributed by atoms with Gasteiger partial charge in [0.2, 0.25) is 0 Å². The van der Waals surface area contributed by atoms with E-state index in [-0.39, 0.29) is 11.1 Å². The molecule has 0 saturated heterocycles. The predicted octanol–water partition coefficient (Wildman–Crippen LogP) is 5.16. The first-order valence-electron chi connectivity index (χ1n) is 13.4. The molecule has 0 saturated carbocycles. The maximum atomic E-state index is 13.8. The topological polar surface area (TPSA) is 88.4 Å². The molecule has 0 unspecified atom stereocenters. The van der Waals surface area contributed by atoms with Crippen molar-refractivity contribution in [3.8, 4) is 17.2 Å². The van der Waals surface area contributed by atoms with Crippen molar-refractivity contribution in [1.82, 2.24) is 4.57 Å². The van der Waals surface area contributed by atoms with Crippen LogP contribution in [0.25, 0.3) is 6.08 Å². The summed E-state index contributed by atoms with van der Waals surface area (Å²) < 4.78 is 25.5. The smallest absolute Gasteiger partial charge is 0.337 e. The van der Waals surface area contributed by atoms with Crippen molar-refractivity contribution in [3.63, 3.8) is 0 Å². The summed E-state index contributed by atoms with van der Waals surface area (Å²) in [5.74, 6) is 1.27. The Kier molecular flexibility index (Phi) is 9.24. The molecule has 0 fully saturated rings. The van der Waals surface area contributed by atoms with Crippen molar-refractivity contribution in [2.24, 2.45) is 4.99 Å². The largest absolute Gasteiger partial charge is 0.490 e. The average Bonchev–Trinajstić information content (AvgIpc) is 3.32. The molecule has 0 spiro atoms. The molecule has 0 N–H and O–H groups in total. The molecule has 1 aliphatic rings. The number of nitrogens with zero attached hydrogens (tertiary/aromatic N) is 2. The second-order valence-electron chi connectivity index (χ2n) is 9.23. The highest BCUT2D eigenvalue weighted by atomic mass is 79.9. The maximum Gasteiger partial charge on any atom is 0.337 e. The molecule has 42 heavy (non-hydrogen) atoms. The van der Waals surface area contributed by atoms with Gasteiger partial charge in [-0.2, -0.15) is 0 Å². The minimum atomic E-state index is -0.750. The lowest BCUT2D eigenvalue weighted by Crippen LogP contribution is -2.39. The third kappa shape index (κ3) is 6.34. The lowest BCUT2D eigenvalue weighted by molar-refractivity contribution is -0.136. The van der Waals surface area contributed by atoms with Crippen LogP contribution in [0.1, 0.15) is 36.6 Å². The number of ether oxygens (including phenoxy) is 4. The summed E-state index contributed by atoms with van der Waals surface area (Å²) in [5.41, 5.74) is 2.55. The van der Waals surface area contributed by atoms with Crippen molar-refractivity contribution in [3.05, 3.63) is 119 Å².